The summed E-state index contributed by atoms with van der Waals surface area (Å²) in [6.07, 6.45) is -0.0102. The van der Waals surface area contributed by atoms with Crippen molar-refractivity contribution in [3.63, 3.8) is 0 Å². The number of ether oxygens (including phenoxy) is 1. The van der Waals surface area contributed by atoms with E-state index in [1.807, 2.05) is 30.3 Å². The lowest BCUT2D eigenvalue weighted by Gasteiger charge is -2.20. The van der Waals surface area contributed by atoms with E-state index in [9.17, 15) is 9.59 Å². The zero-order chi connectivity index (χ0) is 16.2. The van der Waals surface area contributed by atoms with Gasteiger partial charge in [0.05, 0.1) is 11.4 Å². The van der Waals surface area contributed by atoms with Crippen molar-refractivity contribution in [3.8, 4) is 11.3 Å². The van der Waals surface area contributed by atoms with Gasteiger partial charge in [-0.2, -0.15) is 0 Å². The average molecular weight is 298 g/mol. The number of hydrogen-bond acceptors (Lipinski definition) is 4. The van der Waals surface area contributed by atoms with Gasteiger partial charge in [0, 0.05) is 5.56 Å². The molecule has 0 fully saturated rings. The lowest BCUT2D eigenvalue weighted by molar-refractivity contribution is 0.0636. The molecule has 0 saturated heterocycles. The van der Waals surface area contributed by atoms with Crippen LogP contribution < -0.4 is 5.32 Å². The summed E-state index contributed by atoms with van der Waals surface area (Å²) in [6.45, 7) is 5.30. The molecule has 0 bridgehead atoms. The van der Waals surface area contributed by atoms with Gasteiger partial charge < -0.3 is 4.74 Å². The maximum absolute atomic E-state index is 11.8. The Morgan fingerprint density at radius 1 is 1.14 bits per heavy atom. The molecule has 0 unspecified atom stereocenters. The fraction of sp³-hybridized carbons (Fsp3) is 0.235. The van der Waals surface area contributed by atoms with E-state index >= 15 is 0 Å². The van der Waals surface area contributed by atoms with Crippen molar-refractivity contribution >= 4 is 18.1 Å². The summed E-state index contributed by atoms with van der Waals surface area (Å²) in [5.74, 6) is 0. The van der Waals surface area contributed by atoms with Gasteiger partial charge in [-0.1, -0.05) is 30.3 Å². The summed E-state index contributed by atoms with van der Waals surface area (Å²) in [5.41, 5.74) is 1.44. The number of carbonyl (C=O) groups is 2. The number of benzene rings is 1. The maximum atomic E-state index is 11.8. The van der Waals surface area contributed by atoms with Crippen LogP contribution in [0.1, 0.15) is 31.3 Å². The molecule has 5 heteroatoms. The number of nitrogens with zero attached hydrogens (tertiary/aromatic N) is 1. The Kier molecular flexibility index (Phi) is 4.56. The number of rotatable bonds is 3. The van der Waals surface area contributed by atoms with Crippen LogP contribution in [0.15, 0.2) is 42.5 Å². The SMILES string of the molecule is CC(C)(C)OC(=O)Nc1ccc(-c2ccccc2)nc1C=O. The summed E-state index contributed by atoms with van der Waals surface area (Å²) in [6, 6.07) is 12.9. The summed E-state index contributed by atoms with van der Waals surface area (Å²) in [7, 11) is 0. The second-order valence-electron chi connectivity index (χ2n) is 5.74. The van der Waals surface area contributed by atoms with Gasteiger partial charge in [0.1, 0.15) is 11.3 Å². The molecule has 22 heavy (non-hydrogen) atoms. The van der Waals surface area contributed by atoms with Crippen LogP contribution in [-0.4, -0.2) is 23.0 Å². The monoisotopic (exact) mass is 298 g/mol. The fourth-order valence-corrected chi connectivity index (χ4v) is 1.85. The number of nitrogens with one attached hydrogen (secondary N) is 1. The Morgan fingerprint density at radius 3 is 2.41 bits per heavy atom. The Balaban J connectivity index is 2.24. The van der Waals surface area contributed by atoms with Gasteiger partial charge in [-0.25, -0.2) is 9.78 Å². The van der Waals surface area contributed by atoms with Crippen LogP contribution >= 0.6 is 0 Å². The molecule has 0 aliphatic carbocycles. The van der Waals surface area contributed by atoms with Crippen LogP contribution in [0.2, 0.25) is 0 Å². The minimum Gasteiger partial charge on any atom is -0.444 e. The molecule has 2 rings (SSSR count). The van der Waals surface area contributed by atoms with E-state index in [0.29, 0.717) is 17.7 Å². The first kappa shape index (κ1) is 15.7. The molecular weight excluding hydrogens is 280 g/mol. The van der Waals surface area contributed by atoms with Gasteiger partial charge in [0.25, 0.3) is 0 Å². The fourth-order valence-electron chi connectivity index (χ4n) is 1.85. The molecule has 1 aromatic heterocycles. The predicted molar refractivity (Wildman–Crippen MR) is 84.9 cm³/mol. The third-order valence-corrected chi connectivity index (χ3v) is 2.74. The summed E-state index contributed by atoms with van der Waals surface area (Å²) < 4.78 is 5.16. The van der Waals surface area contributed by atoms with E-state index in [1.54, 1.807) is 32.9 Å². The van der Waals surface area contributed by atoms with E-state index in [-0.39, 0.29) is 5.69 Å². The van der Waals surface area contributed by atoms with Gasteiger partial charge in [0.15, 0.2) is 6.29 Å². The molecule has 0 aliphatic rings. The number of hydrogen-bond donors (Lipinski definition) is 1. The van der Waals surface area contributed by atoms with Crippen LogP contribution in [0.25, 0.3) is 11.3 Å². The van der Waals surface area contributed by atoms with E-state index in [1.165, 1.54) is 0 Å². The highest BCUT2D eigenvalue weighted by atomic mass is 16.6. The summed E-state index contributed by atoms with van der Waals surface area (Å²) in [4.78, 5) is 27.3. The Bertz CT molecular complexity index is 676. The first-order valence-electron chi connectivity index (χ1n) is 6.91. The molecule has 1 amide bonds. The zero-order valence-corrected chi connectivity index (χ0v) is 12.8. The highest BCUT2D eigenvalue weighted by Crippen LogP contribution is 2.21. The summed E-state index contributed by atoms with van der Waals surface area (Å²) in [5, 5.41) is 2.54. The van der Waals surface area contributed by atoms with E-state index in [4.69, 9.17) is 4.74 Å². The molecule has 0 saturated carbocycles. The van der Waals surface area contributed by atoms with Crippen LogP contribution in [0.3, 0.4) is 0 Å². The highest BCUT2D eigenvalue weighted by Gasteiger charge is 2.17. The molecule has 2 aromatic rings. The molecular formula is C17H18N2O3. The quantitative estimate of drug-likeness (QED) is 0.872. The topological polar surface area (TPSA) is 68.3 Å². The van der Waals surface area contributed by atoms with Gasteiger partial charge in [-0.05, 0) is 32.9 Å². The zero-order valence-electron chi connectivity index (χ0n) is 12.8. The number of pyridine rings is 1. The molecule has 114 valence electrons. The van der Waals surface area contributed by atoms with Crippen molar-refractivity contribution in [2.75, 3.05) is 5.32 Å². The van der Waals surface area contributed by atoms with Crippen molar-refractivity contribution in [1.82, 2.24) is 4.98 Å². The van der Waals surface area contributed by atoms with Crippen molar-refractivity contribution in [2.24, 2.45) is 0 Å². The molecule has 0 spiro atoms. The van der Waals surface area contributed by atoms with Crippen LogP contribution in [0.5, 0.6) is 0 Å². The first-order valence-corrected chi connectivity index (χ1v) is 6.91. The second kappa shape index (κ2) is 6.39. The van der Waals surface area contributed by atoms with Crippen LogP contribution in [0, 0.1) is 0 Å². The summed E-state index contributed by atoms with van der Waals surface area (Å²) >= 11 is 0. The number of anilines is 1. The van der Waals surface area contributed by atoms with E-state index in [2.05, 4.69) is 10.3 Å². The maximum Gasteiger partial charge on any atom is 0.412 e. The predicted octanol–water partition coefficient (Wildman–Crippen LogP) is 3.91. The normalized spacial score (nSPS) is 10.9. The lowest BCUT2D eigenvalue weighted by Crippen LogP contribution is -2.27. The highest BCUT2D eigenvalue weighted by molar-refractivity contribution is 5.92. The molecule has 0 radical (unpaired) electrons. The third kappa shape index (κ3) is 4.15. The standard InChI is InChI=1S/C17H18N2O3/c1-17(2,3)22-16(21)19-14-10-9-13(18-15(14)11-20)12-7-5-4-6-8-12/h4-11H,1-3H3,(H,19,21). The minimum atomic E-state index is -0.620. The number of amides is 1. The molecule has 0 atom stereocenters. The van der Waals surface area contributed by atoms with Crippen molar-refractivity contribution in [1.29, 1.82) is 0 Å². The van der Waals surface area contributed by atoms with E-state index in [0.717, 1.165) is 5.56 Å². The third-order valence-electron chi connectivity index (χ3n) is 2.74. The van der Waals surface area contributed by atoms with Gasteiger partial charge in [-0.3, -0.25) is 10.1 Å². The number of aldehydes is 1. The van der Waals surface area contributed by atoms with Gasteiger partial charge in [-0.15, -0.1) is 0 Å². The molecule has 0 aliphatic heterocycles. The minimum absolute atomic E-state index is 0.159. The van der Waals surface area contributed by atoms with E-state index < -0.39 is 11.7 Å². The number of aromatic nitrogens is 1. The Morgan fingerprint density at radius 2 is 1.82 bits per heavy atom. The lowest BCUT2D eigenvalue weighted by atomic mass is 10.1. The van der Waals surface area contributed by atoms with Crippen LogP contribution in [-0.2, 0) is 4.74 Å². The smallest absolute Gasteiger partial charge is 0.412 e. The molecule has 5 nitrogen and oxygen atoms in total. The number of carbonyl (C=O) groups excluding carboxylic acids is 2. The van der Waals surface area contributed by atoms with Gasteiger partial charge in [0.2, 0.25) is 0 Å². The largest absolute Gasteiger partial charge is 0.444 e. The average Bonchev–Trinajstić information content (AvgIpc) is 2.46. The van der Waals surface area contributed by atoms with Crippen molar-refractivity contribution in [2.45, 2.75) is 26.4 Å². The molecule has 1 N–H and O–H groups in total. The molecule has 1 heterocycles. The van der Waals surface area contributed by atoms with Crippen LogP contribution in [0.4, 0.5) is 10.5 Å². The Hall–Kier alpha value is -2.69. The first-order chi connectivity index (χ1) is 10.4. The second-order valence-corrected chi connectivity index (χ2v) is 5.74. The Labute approximate surface area is 129 Å². The van der Waals surface area contributed by atoms with Crippen molar-refractivity contribution in [3.05, 3.63) is 48.2 Å². The van der Waals surface area contributed by atoms with Gasteiger partial charge >= 0.3 is 6.09 Å². The van der Waals surface area contributed by atoms with Crippen molar-refractivity contribution < 1.29 is 14.3 Å². The molecule has 1 aromatic carbocycles.